The summed E-state index contributed by atoms with van der Waals surface area (Å²) in [4.78, 5) is 45.1. The maximum Gasteiger partial charge on any atom is 0.328 e. The zero-order valence-electron chi connectivity index (χ0n) is 13.6. The van der Waals surface area contributed by atoms with Crippen molar-refractivity contribution in [1.29, 1.82) is 0 Å². The van der Waals surface area contributed by atoms with Crippen molar-refractivity contribution in [2.45, 2.75) is 37.6 Å². The summed E-state index contributed by atoms with van der Waals surface area (Å²) in [5, 5.41) is 31.2. The Labute approximate surface area is 143 Å². The molecule has 0 saturated carbocycles. The van der Waals surface area contributed by atoms with E-state index in [1.807, 2.05) is 5.32 Å². The molecular formula is C12H24N6O7. The molecule has 4 atom stereocenters. The lowest BCUT2D eigenvalue weighted by molar-refractivity contribution is -0.141. The maximum atomic E-state index is 11.8. The lowest BCUT2D eigenvalue weighted by Crippen LogP contribution is -2.57. The third-order valence-corrected chi connectivity index (χ3v) is 2.91. The molecule has 0 fully saturated rings. The molecule has 0 aromatic heterocycles. The van der Waals surface area contributed by atoms with Gasteiger partial charge in [0.05, 0.1) is 18.8 Å². The topological polar surface area (TPSA) is 229 Å². The number of carbonyl (C=O) groups excluding carboxylic acids is 3. The van der Waals surface area contributed by atoms with E-state index in [2.05, 4.69) is 16.2 Å². The van der Waals surface area contributed by atoms with Crippen LogP contribution in [0.25, 0.3) is 0 Å². The predicted molar refractivity (Wildman–Crippen MR) is 83.6 cm³/mol. The van der Waals surface area contributed by atoms with Crippen LogP contribution in [0.15, 0.2) is 0 Å². The number of amides is 4. The minimum Gasteiger partial charge on any atom is -0.480 e. The zero-order chi connectivity index (χ0) is 19.6. The first-order chi connectivity index (χ1) is 11.6. The van der Waals surface area contributed by atoms with Crippen LogP contribution in [0, 0.1) is 0 Å². The highest BCUT2D eigenvalue weighted by atomic mass is 16.4. The van der Waals surface area contributed by atoms with Crippen LogP contribution in [0.2, 0.25) is 0 Å². The minimum absolute atomic E-state index is 0.146. The Morgan fingerprint density at radius 1 is 1.16 bits per heavy atom. The molecule has 0 aliphatic heterocycles. The number of aliphatic carboxylic acids is 1. The molecule has 0 bridgehead atoms. The predicted octanol–water partition coefficient (Wildman–Crippen LogP) is -4.70. The molecule has 144 valence electrons. The first-order valence-corrected chi connectivity index (χ1v) is 7.23. The van der Waals surface area contributed by atoms with Crippen molar-refractivity contribution in [2.75, 3.05) is 13.2 Å². The summed E-state index contributed by atoms with van der Waals surface area (Å²) in [5.41, 5.74) is 14.9. The van der Waals surface area contributed by atoms with Crippen LogP contribution in [0.3, 0.4) is 0 Å². The van der Waals surface area contributed by atoms with Crippen molar-refractivity contribution in [1.82, 2.24) is 21.5 Å². The Kier molecular flexibility index (Phi) is 10.0. The quantitative estimate of drug-likeness (QED) is 0.160. The summed E-state index contributed by atoms with van der Waals surface area (Å²) >= 11 is 0. The fourth-order valence-electron chi connectivity index (χ4n) is 1.61. The average Bonchev–Trinajstić information content (AvgIpc) is 2.50. The van der Waals surface area contributed by atoms with E-state index >= 15 is 0 Å². The third-order valence-electron chi connectivity index (χ3n) is 2.91. The lowest BCUT2D eigenvalue weighted by Gasteiger charge is -2.22. The number of carbonyl (C=O) groups is 4. The second-order valence-electron chi connectivity index (χ2n) is 5.20. The summed E-state index contributed by atoms with van der Waals surface area (Å²) in [6.45, 7) is 0.461. The zero-order valence-corrected chi connectivity index (χ0v) is 13.6. The SMILES string of the molecule is CC(O)[C@H](NC(=O)N[C@H](CNNC(=O)[C@@H](N)CO)CC(N)=O)C(=O)O. The Morgan fingerprint density at radius 3 is 2.20 bits per heavy atom. The van der Waals surface area contributed by atoms with Crippen molar-refractivity contribution < 1.29 is 34.5 Å². The van der Waals surface area contributed by atoms with Gasteiger partial charge in [0, 0.05) is 13.0 Å². The molecule has 0 aromatic rings. The summed E-state index contributed by atoms with van der Waals surface area (Å²) in [7, 11) is 0. The van der Waals surface area contributed by atoms with Crippen LogP contribution in [0.1, 0.15) is 13.3 Å². The molecule has 0 saturated heterocycles. The van der Waals surface area contributed by atoms with Gasteiger partial charge in [-0.2, -0.15) is 0 Å². The average molecular weight is 364 g/mol. The number of carboxylic acids is 1. The Balaban J connectivity index is 4.61. The normalized spacial score (nSPS) is 15.4. The van der Waals surface area contributed by atoms with Gasteiger partial charge in [0.15, 0.2) is 6.04 Å². The van der Waals surface area contributed by atoms with Crippen LogP contribution in [-0.2, 0) is 14.4 Å². The first-order valence-electron chi connectivity index (χ1n) is 7.23. The molecule has 0 radical (unpaired) electrons. The number of primary amides is 1. The lowest BCUT2D eigenvalue weighted by atomic mass is 10.2. The van der Waals surface area contributed by atoms with Gasteiger partial charge in [-0.15, -0.1) is 0 Å². The number of urea groups is 1. The van der Waals surface area contributed by atoms with E-state index in [0.29, 0.717) is 0 Å². The van der Waals surface area contributed by atoms with Gasteiger partial charge in [0.25, 0.3) is 5.91 Å². The van der Waals surface area contributed by atoms with Crippen LogP contribution in [-0.4, -0.2) is 76.5 Å². The number of rotatable bonds is 11. The van der Waals surface area contributed by atoms with Gasteiger partial charge in [-0.25, -0.2) is 15.0 Å². The van der Waals surface area contributed by atoms with E-state index in [4.69, 9.17) is 21.7 Å². The summed E-state index contributed by atoms with van der Waals surface area (Å²) in [6.07, 6.45) is -1.66. The molecule has 0 rings (SSSR count). The number of nitrogens with two attached hydrogens (primary N) is 2. The molecule has 11 N–H and O–H groups in total. The highest BCUT2D eigenvalue weighted by Gasteiger charge is 2.26. The fraction of sp³-hybridized carbons (Fsp3) is 0.667. The van der Waals surface area contributed by atoms with E-state index in [9.17, 15) is 24.3 Å². The van der Waals surface area contributed by atoms with Crippen molar-refractivity contribution in [3.63, 3.8) is 0 Å². The van der Waals surface area contributed by atoms with E-state index in [-0.39, 0.29) is 13.0 Å². The third kappa shape index (κ3) is 9.41. The van der Waals surface area contributed by atoms with Crippen molar-refractivity contribution in [3.8, 4) is 0 Å². The molecule has 0 aliphatic carbocycles. The second kappa shape index (κ2) is 11.1. The second-order valence-corrected chi connectivity index (χ2v) is 5.20. The molecule has 1 unspecified atom stereocenters. The Hall–Kier alpha value is -2.48. The highest BCUT2D eigenvalue weighted by Crippen LogP contribution is 1.95. The highest BCUT2D eigenvalue weighted by molar-refractivity contribution is 5.84. The number of aliphatic hydroxyl groups is 2. The number of hydrogen-bond donors (Lipinski definition) is 9. The number of nitrogens with one attached hydrogen (secondary N) is 4. The smallest absolute Gasteiger partial charge is 0.328 e. The Bertz CT molecular complexity index is 487. The fourth-order valence-corrected chi connectivity index (χ4v) is 1.61. The van der Waals surface area contributed by atoms with Crippen LogP contribution in [0.4, 0.5) is 4.79 Å². The molecule has 13 nitrogen and oxygen atoms in total. The molecule has 0 aromatic carbocycles. The van der Waals surface area contributed by atoms with Gasteiger partial charge in [-0.3, -0.25) is 15.0 Å². The number of aliphatic hydroxyl groups excluding tert-OH is 2. The van der Waals surface area contributed by atoms with E-state index in [1.54, 1.807) is 0 Å². The van der Waals surface area contributed by atoms with Crippen LogP contribution >= 0.6 is 0 Å². The number of hydrogen-bond acceptors (Lipinski definition) is 8. The summed E-state index contributed by atoms with van der Waals surface area (Å²) in [6, 6.07) is -4.56. The number of carboxylic acid groups (broad SMARTS) is 1. The van der Waals surface area contributed by atoms with Crippen LogP contribution < -0.4 is 33.0 Å². The van der Waals surface area contributed by atoms with E-state index in [1.165, 1.54) is 6.92 Å². The summed E-state index contributed by atoms with van der Waals surface area (Å²) < 4.78 is 0. The largest absolute Gasteiger partial charge is 0.480 e. The minimum atomic E-state index is -1.55. The van der Waals surface area contributed by atoms with Gasteiger partial charge in [-0.05, 0) is 6.92 Å². The van der Waals surface area contributed by atoms with Gasteiger partial charge in [-0.1, -0.05) is 0 Å². The molecule has 4 amide bonds. The van der Waals surface area contributed by atoms with Crippen LogP contribution in [0.5, 0.6) is 0 Å². The monoisotopic (exact) mass is 364 g/mol. The maximum absolute atomic E-state index is 11.8. The molecule has 0 heterocycles. The van der Waals surface area contributed by atoms with Gasteiger partial charge in [0.1, 0.15) is 6.04 Å². The van der Waals surface area contributed by atoms with Crippen molar-refractivity contribution >= 4 is 23.8 Å². The standard InChI is InChI=1S/C12H24N6O7/c1-5(20)9(11(23)24)17-12(25)16-6(2-8(14)21)3-15-18-10(22)7(13)4-19/h5-7,9,15,19-20H,2-4,13H2,1H3,(H2,14,21)(H,18,22)(H,23,24)(H2,16,17,25)/t5?,6-,7-,9-/m0/s1. The molecular weight excluding hydrogens is 340 g/mol. The van der Waals surface area contributed by atoms with E-state index in [0.717, 1.165) is 0 Å². The Morgan fingerprint density at radius 2 is 1.76 bits per heavy atom. The van der Waals surface area contributed by atoms with E-state index < -0.39 is 54.7 Å². The van der Waals surface area contributed by atoms with Gasteiger partial charge < -0.3 is 37.4 Å². The summed E-state index contributed by atoms with van der Waals surface area (Å²) in [5.74, 6) is -2.92. The van der Waals surface area contributed by atoms with Gasteiger partial charge in [0.2, 0.25) is 5.91 Å². The van der Waals surface area contributed by atoms with Crippen molar-refractivity contribution in [2.24, 2.45) is 11.5 Å². The molecule has 25 heavy (non-hydrogen) atoms. The van der Waals surface area contributed by atoms with Crippen molar-refractivity contribution in [3.05, 3.63) is 0 Å². The first kappa shape index (κ1) is 22.5. The van der Waals surface area contributed by atoms with Gasteiger partial charge >= 0.3 is 12.0 Å². The molecule has 0 spiro atoms. The molecule has 0 aliphatic rings. The number of hydrazine groups is 1. The molecule has 13 heteroatoms.